The van der Waals surface area contributed by atoms with Crippen LogP contribution in [0.2, 0.25) is 20.1 Å². The second-order valence-electron chi connectivity index (χ2n) is 7.19. The first kappa shape index (κ1) is 24.1. The van der Waals surface area contributed by atoms with E-state index in [2.05, 4.69) is 0 Å². The van der Waals surface area contributed by atoms with Crippen LogP contribution in [-0.4, -0.2) is 42.9 Å². The highest BCUT2D eigenvalue weighted by Crippen LogP contribution is 2.35. The first-order chi connectivity index (χ1) is 14.2. The van der Waals surface area contributed by atoms with Crippen molar-refractivity contribution >= 4 is 46.4 Å². The van der Waals surface area contributed by atoms with Gasteiger partial charge in [-0.05, 0) is 42.3 Å². The highest BCUT2D eigenvalue weighted by Gasteiger charge is 2.54. The molecule has 0 aromatic heterocycles. The van der Waals surface area contributed by atoms with Crippen molar-refractivity contribution in [1.82, 2.24) is 0 Å². The predicted octanol–water partition coefficient (Wildman–Crippen LogP) is 5.52. The fraction of sp³-hybridized carbons (Fsp3) is 0.429. The van der Waals surface area contributed by atoms with Gasteiger partial charge < -0.3 is 24.1 Å². The van der Waals surface area contributed by atoms with E-state index in [9.17, 15) is 5.11 Å². The van der Waals surface area contributed by atoms with Gasteiger partial charge >= 0.3 is 0 Å². The molecule has 1 saturated heterocycles. The molecule has 0 spiro atoms. The molecule has 1 fully saturated rings. The minimum atomic E-state index is -1.39. The molecule has 4 atom stereocenters. The third-order valence-corrected chi connectivity index (χ3v) is 6.07. The van der Waals surface area contributed by atoms with Crippen LogP contribution < -0.4 is 0 Å². The predicted molar refractivity (Wildman–Crippen MR) is 117 cm³/mol. The maximum Gasteiger partial charge on any atom is 0.188 e. The Kier molecular flexibility index (Phi) is 8.29. The minimum Gasteiger partial charge on any atom is -0.382 e. The van der Waals surface area contributed by atoms with E-state index >= 15 is 0 Å². The van der Waals surface area contributed by atoms with E-state index in [4.69, 9.17) is 65.4 Å². The lowest BCUT2D eigenvalue weighted by atomic mass is 9.97. The molecule has 0 aliphatic carbocycles. The van der Waals surface area contributed by atoms with Crippen molar-refractivity contribution in [2.75, 3.05) is 13.7 Å². The third kappa shape index (κ3) is 5.60. The molecule has 2 aromatic rings. The van der Waals surface area contributed by atoms with Crippen molar-refractivity contribution in [2.45, 2.75) is 44.2 Å². The van der Waals surface area contributed by atoms with Crippen LogP contribution in [0.25, 0.3) is 0 Å². The summed E-state index contributed by atoms with van der Waals surface area (Å²) >= 11 is 24.3. The number of ether oxygens (including phenoxy) is 4. The van der Waals surface area contributed by atoms with Gasteiger partial charge in [-0.3, -0.25) is 0 Å². The molecular formula is C21H22Cl4O5. The van der Waals surface area contributed by atoms with Gasteiger partial charge in [0.15, 0.2) is 6.29 Å². The van der Waals surface area contributed by atoms with Crippen LogP contribution in [0, 0.1) is 0 Å². The maximum atomic E-state index is 10.9. The Hall–Kier alpha value is -0.600. The zero-order chi connectivity index (χ0) is 21.9. The van der Waals surface area contributed by atoms with Crippen LogP contribution in [0.1, 0.15) is 18.1 Å². The van der Waals surface area contributed by atoms with Crippen LogP contribution >= 0.6 is 46.4 Å². The summed E-state index contributed by atoms with van der Waals surface area (Å²) in [5, 5.41) is 13.0. The van der Waals surface area contributed by atoms with Crippen molar-refractivity contribution in [3.8, 4) is 0 Å². The second kappa shape index (κ2) is 10.3. The Morgan fingerprint density at radius 1 is 0.967 bits per heavy atom. The molecular weight excluding hydrogens is 474 g/mol. The molecule has 1 heterocycles. The number of halogens is 4. The fourth-order valence-corrected chi connectivity index (χ4v) is 4.24. The first-order valence-electron chi connectivity index (χ1n) is 9.20. The lowest BCUT2D eigenvalue weighted by Crippen LogP contribution is -2.48. The highest BCUT2D eigenvalue weighted by atomic mass is 35.5. The van der Waals surface area contributed by atoms with Crippen LogP contribution in [0.5, 0.6) is 0 Å². The highest BCUT2D eigenvalue weighted by molar-refractivity contribution is 6.35. The first-order valence-corrected chi connectivity index (χ1v) is 10.7. The second-order valence-corrected chi connectivity index (χ2v) is 8.87. The number of hydrogen-bond donors (Lipinski definition) is 1. The van der Waals surface area contributed by atoms with Gasteiger partial charge in [0, 0.05) is 27.2 Å². The van der Waals surface area contributed by atoms with Gasteiger partial charge in [0.1, 0.15) is 17.8 Å². The summed E-state index contributed by atoms with van der Waals surface area (Å²) in [4.78, 5) is 0. The van der Waals surface area contributed by atoms with Gasteiger partial charge in [-0.15, -0.1) is 0 Å². The van der Waals surface area contributed by atoms with E-state index in [0.717, 1.165) is 11.1 Å². The Balaban J connectivity index is 1.66. The number of aliphatic hydroxyl groups is 1. The standard InChI is InChI=1S/C21H22Cl4O5/c1-21(26)19(29-10-13-4-6-15(23)8-17(13)25)18(30-20(21)27-2)11-28-9-12-3-5-14(22)7-16(12)24/h3-8,18-20,26H,9-11H2,1-2H3/t18-,19?,20+,21-/m1/s1. The molecule has 3 rings (SSSR count). The molecule has 164 valence electrons. The van der Waals surface area contributed by atoms with E-state index in [1.54, 1.807) is 43.3 Å². The molecule has 2 aromatic carbocycles. The Morgan fingerprint density at radius 2 is 1.53 bits per heavy atom. The summed E-state index contributed by atoms with van der Waals surface area (Å²) in [7, 11) is 1.46. The molecule has 1 aliphatic heterocycles. The molecule has 9 heteroatoms. The summed E-state index contributed by atoms with van der Waals surface area (Å²) in [5.41, 5.74) is 0.143. The zero-order valence-corrected chi connectivity index (χ0v) is 19.4. The van der Waals surface area contributed by atoms with Crippen LogP contribution in [-0.2, 0) is 32.2 Å². The normalized spacial score (nSPS) is 26.3. The number of hydrogen-bond acceptors (Lipinski definition) is 5. The van der Waals surface area contributed by atoms with Gasteiger partial charge in [-0.1, -0.05) is 58.5 Å². The minimum absolute atomic E-state index is 0.161. The van der Waals surface area contributed by atoms with E-state index in [0.29, 0.717) is 20.1 Å². The number of methoxy groups -OCH3 is 1. The largest absolute Gasteiger partial charge is 0.382 e. The molecule has 0 radical (unpaired) electrons. The van der Waals surface area contributed by atoms with Gasteiger partial charge in [0.25, 0.3) is 0 Å². The Labute approximate surface area is 195 Å². The van der Waals surface area contributed by atoms with Crippen molar-refractivity contribution < 1.29 is 24.1 Å². The van der Waals surface area contributed by atoms with Gasteiger partial charge in [-0.25, -0.2) is 0 Å². The summed E-state index contributed by atoms with van der Waals surface area (Å²) in [6.45, 7) is 2.18. The summed E-state index contributed by atoms with van der Waals surface area (Å²) < 4.78 is 22.9. The van der Waals surface area contributed by atoms with Crippen molar-refractivity contribution in [3.05, 3.63) is 67.6 Å². The van der Waals surface area contributed by atoms with E-state index in [-0.39, 0.29) is 19.8 Å². The van der Waals surface area contributed by atoms with E-state index in [1.807, 2.05) is 0 Å². The average Bonchev–Trinajstić information content (AvgIpc) is 2.92. The van der Waals surface area contributed by atoms with E-state index < -0.39 is 24.1 Å². The smallest absolute Gasteiger partial charge is 0.188 e. The van der Waals surface area contributed by atoms with Crippen LogP contribution in [0.3, 0.4) is 0 Å². The summed E-state index contributed by atoms with van der Waals surface area (Å²) in [6, 6.07) is 10.3. The molecule has 1 unspecified atom stereocenters. The van der Waals surface area contributed by atoms with Crippen molar-refractivity contribution in [2.24, 2.45) is 0 Å². The van der Waals surface area contributed by atoms with Crippen LogP contribution in [0.15, 0.2) is 36.4 Å². The van der Waals surface area contributed by atoms with Gasteiger partial charge in [0.05, 0.1) is 19.8 Å². The quantitative estimate of drug-likeness (QED) is 0.522. The van der Waals surface area contributed by atoms with Crippen molar-refractivity contribution in [3.63, 3.8) is 0 Å². The van der Waals surface area contributed by atoms with Crippen molar-refractivity contribution in [1.29, 1.82) is 0 Å². The topological polar surface area (TPSA) is 57.2 Å². The van der Waals surface area contributed by atoms with E-state index in [1.165, 1.54) is 7.11 Å². The monoisotopic (exact) mass is 494 g/mol. The summed E-state index contributed by atoms with van der Waals surface area (Å²) in [6.07, 6.45) is -2.15. The molecule has 0 amide bonds. The van der Waals surface area contributed by atoms with Crippen LogP contribution in [0.4, 0.5) is 0 Å². The Morgan fingerprint density at radius 3 is 2.07 bits per heavy atom. The fourth-order valence-electron chi connectivity index (χ4n) is 3.32. The Bertz CT molecular complexity index is 876. The molecule has 30 heavy (non-hydrogen) atoms. The van der Waals surface area contributed by atoms with Gasteiger partial charge in [0.2, 0.25) is 0 Å². The van der Waals surface area contributed by atoms with Gasteiger partial charge in [-0.2, -0.15) is 0 Å². The molecule has 5 nitrogen and oxygen atoms in total. The summed E-state index contributed by atoms with van der Waals surface area (Å²) in [5.74, 6) is 0. The average molecular weight is 496 g/mol. The molecule has 1 N–H and O–H groups in total. The SMILES string of the molecule is CO[C@H]1O[C@H](COCc2ccc(Cl)cc2Cl)C(OCc2ccc(Cl)cc2Cl)[C@@]1(C)O. The lowest BCUT2D eigenvalue weighted by molar-refractivity contribution is -0.190. The zero-order valence-electron chi connectivity index (χ0n) is 16.4. The molecule has 0 bridgehead atoms. The number of benzene rings is 2. The molecule has 1 aliphatic rings. The third-order valence-electron chi connectivity index (χ3n) is 4.89. The maximum absolute atomic E-state index is 10.9. The molecule has 0 saturated carbocycles. The number of rotatable bonds is 8. The lowest BCUT2D eigenvalue weighted by Gasteiger charge is -2.29.